The van der Waals surface area contributed by atoms with Crippen LogP contribution in [0.1, 0.15) is 64.5 Å². The second-order valence-electron chi connectivity index (χ2n) is 14.5. The van der Waals surface area contributed by atoms with Gasteiger partial charge in [0.05, 0.1) is 5.41 Å². The zero-order valence-electron chi connectivity index (χ0n) is 27.0. The third-order valence-corrected chi connectivity index (χ3v) is 11.2. The molecule has 8 rings (SSSR count). The highest BCUT2D eigenvalue weighted by atomic mass is 15.2. The van der Waals surface area contributed by atoms with E-state index in [1.165, 1.54) is 85.0 Å². The first-order chi connectivity index (χ1) is 21.1. The van der Waals surface area contributed by atoms with Crippen molar-refractivity contribution in [3.8, 4) is 0 Å². The summed E-state index contributed by atoms with van der Waals surface area (Å²) in [5, 5.41) is 5.40. The van der Waals surface area contributed by atoms with Gasteiger partial charge in [-0.1, -0.05) is 80.6 Å². The molecule has 0 bridgehead atoms. The molecule has 4 aromatic rings. The number of rotatable bonds is 2. The van der Waals surface area contributed by atoms with E-state index in [4.69, 9.17) is 0 Å². The summed E-state index contributed by atoms with van der Waals surface area (Å²) in [7, 11) is 4.50. The molecule has 0 saturated carbocycles. The Morgan fingerprint density at radius 1 is 0.727 bits per heavy atom. The fraction of sp³-hybridized carbons (Fsp3) is 0.310. The lowest BCUT2D eigenvalue weighted by Crippen LogP contribution is -2.27. The van der Waals surface area contributed by atoms with Crippen LogP contribution in [0, 0.1) is 5.92 Å². The highest BCUT2D eigenvalue weighted by molar-refractivity contribution is 6.08. The maximum absolute atomic E-state index is 2.52. The van der Waals surface area contributed by atoms with Crippen molar-refractivity contribution in [1.82, 2.24) is 0 Å². The minimum absolute atomic E-state index is 0.0525. The van der Waals surface area contributed by atoms with Gasteiger partial charge in [0.2, 0.25) is 5.69 Å². The van der Waals surface area contributed by atoms with Crippen LogP contribution in [0.4, 0.5) is 11.4 Å². The Morgan fingerprint density at radius 2 is 1.39 bits per heavy atom. The maximum atomic E-state index is 2.52. The Bertz CT molecular complexity index is 2040. The molecule has 0 amide bonds. The van der Waals surface area contributed by atoms with Gasteiger partial charge in [0, 0.05) is 41.6 Å². The summed E-state index contributed by atoms with van der Waals surface area (Å²) >= 11 is 0. The highest BCUT2D eigenvalue weighted by Crippen LogP contribution is 2.51. The molecule has 2 heteroatoms. The van der Waals surface area contributed by atoms with E-state index >= 15 is 0 Å². The number of benzene rings is 4. The SMILES string of the molecule is CN1/C(=C/C2=CC3=C/C(=C/C4=[N+](C)c5ccc6ccccc6c5C4(C)C)CCC3CC2)C(C)(C)c2c1ccc1ccccc21. The number of allylic oxidation sites excluding steroid dienone is 8. The first-order valence-electron chi connectivity index (χ1n) is 16.4. The van der Waals surface area contributed by atoms with E-state index in [1.807, 2.05) is 0 Å². The molecule has 220 valence electrons. The number of anilines is 1. The average molecular weight is 576 g/mol. The molecule has 0 spiro atoms. The van der Waals surface area contributed by atoms with Crippen molar-refractivity contribution in [3.63, 3.8) is 0 Å². The Balaban J connectivity index is 1.15. The van der Waals surface area contributed by atoms with Crippen LogP contribution >= 0.6 is 0 Å². The van der Waals surface area contributed by atoms with E-state index in [0.29, 0.717) is 5.92 Å². The molecule has 0 aromatic heterocycles. The van der Waals surface area contributed by atoms with Crippen molar-refractivity contribution in [1.29, 1.82) is 0 Å². The van der Waals surface area contributed by atoms with E-state index in [-0.39, 0.29) is 10.8 Å². The third kappa shape index (κ3) is 3.96. The lowest BCUT2D eigenvalue weighted by molar-refractivity contribution is -0.401. The zero-order valence-corrected chi connectivity index (χ0v) is 27.0. The minimum atomic E-state index is -0.0525. The molecule has 0 N–H and O–H groups in total. The van der Waals surface area contributed by atoms with Crippen molar-refractivity contribution in [3.05, 3.63) is 131 Å². The summed E-state index contributed by atoms with van der Waals surface area (Å²) in [4.78, 5) is 2.44. The van der Waals surface area contributed by atoms with E-state index in [9.17, 15) is 0 Å². The molecular formula is C42H43N2+. The largest absolute Gasteiger partial charge is 0.347 e. The predicted molar refractivity (Wildman–Crippen MR) is 187 cm³/mol. The molecule has 1 unspecified atom stereocenters. The summed E-state index contributed by atoms with van der Waals surface area (Å²) in [5.74, 6) is 0.671. The first kappa shape index (κ1) is 27.4. The van der Waals surface area contributed by atoms with E-state index in [2.05, 4.69) is 148 Å². The van der Waals surface area contributed by atoms with Crippen LogP contribution in [0.25, 0.3) is 21.5 Å². The second kappa shape index (κ2) is 9.66. The van der Waals surface area contributed by atoms with E-state index < -0.39 is 0 Å². The van der Waals surface area contributed by atoms with Gasteiger partial charge in [0.15, 0.2) is 5.71 Å². The average Bonchev–Trinajstić information content (AvgIpc) is 3.34. The lowest BCUT2D eigenvalue weighted by atomic mass is 9.75. The maximum Gasteiger partial charge on any atom is 0.210 e. The monoisotopic (exact) mass is 575 g/mol. The lowest BCUT2D eigenvalue weighted by Gasteiger charge is -2.30. The fourth-order valence-electron chi connectivity index (χ4n) is 8.89. The summed E-state index contributed by atoms with van der Waals surface area (Å²) in [6.45, 7) is 9.61. The van der Waals surface area contributed by atoms with Gasteiger partial charge in [-0.2, -0.15) is 4.58 Å². The molecule has 44 heavy (non-hydrogen) atoms. The molecule has 2 heterocycles. The van der Waals surface area contributed by atoms with Gasteiger partial charge in [-0.05, 0) is 107 Å². The minimum Gasteiger partial charge on any atom is -0.347 e. The quantitative estimate of drug-likeness (QED) is 0.216. The molecular weight excluding hydrogens is 532 g/mol. The van der Waals surface area contributed by atoms with Gasteiger partial charge < -0.3 is 4.90 Å². The molecule has 2 nitrogen and oxygen atoms in total. The standard InChI is InChI=1S/C42H43N2/c1-41(2)37(43(5)35-21-19-30-11-7-9-13-33(30)39(35)41)25-27-15-17-29-18-16-28(24-32(29)23-27)26-38-42(3,4)40-34-14-10-8-12-31(34)20-22-36(40)44(38)6/h7-14,19-26,29H,15-18H2,1-6H3/q+1. The molecule has 4 aromatic carbocycles. The van der Waals surface area contributed by atoms with Gasteiger partial charge >= 0.3 is 0 Å². The Morgan fingerprint density at radius 3 is 2.14 bits per heavy atom. The molecule has 1 atom stereocenters. The van der Waals surface area contributed by atoms with Gasteiger partial charge in [-0.15, -0.1) is 0 Å². The third-order valence-electron chi connectivity index (χ3n) is 11.2. The smallest absolute Gasteiger partial charge is 0.210 e. The number of fused-ring (bicyclic) bond motifs is 7. The van der Waals surface area contributed by atoms with Crippen LogP contribution in [0.5, 0.6) is 0 Å². The molecule has 2 aliphatic carbocycles. The van der Waals surface area contributed by atoms with Crippen LogP contribution in [-0.2, 0) is 10.8 Å². The Labute approximate surface area is 262 Å². The second-order valence-corrected chi connectivity index (χ2v) is 14.5. The van der Waals surface area contributed by atoms with E-state index in [0.717, 1.165) is 12.8 Å². The number of hydrogen-bond donors (Lipinski definition) is 0. The molecule has 0 saturated heterocycles. The van der Waals surface area contributed by atoms with Crippen LogP contribution < -0.4 is 4.90 Å². The topological polar surface area (TPSA) is 6.25 Å². The fourth-order valence-corrected chi connectivity index (χ4v) is 8.89. The molecule has 2 aliphatic heterocycles. The van der Waals surface area contributed by atoms with Gasteiger partial charge in [-0.3, -0.25) is 0 Å². The highest BCUT2D eigenvalue weighted by Gasteiger charge is 2.45. The van der Waals surface area contributed by atoms with Crippen molar-refractivity contribution < 1.29 is 4.58 Å². The van der Waals surface area contributed by atoms with Crippen LogP contribution in [0.3, 0.4) is 0 Å². The van der Waals surface area contributed by atoms with Crippen molar-refractivity contribution >= 4 is 38.6 Å². The van der Waals surface area contributed by atoms with Crippen LogP contribution in [0.15, 0.2) is 120 Å². The molecule has 4 aliphatic rings. The molecule has 0 radical (unpaired) electrons. The number of likely N-dealkylation sites (N-methyl/N-ethyl adjacent to an activating group) is 1. The molecule has 0 fully saturated rings. The summed E-state index contributed by atoms with van der Waals surface area (Å²) < 4.78 is 2.44. The van der Waals surface area contributed by atoms with Gasteiger partial charge in [0.1, 0.15) is 7.05 Å². The van der Waals surface area contributed by atoms with Crippen molar-refractivity contribution in [2.75, 3.05) is 19.0 Å². The summed E-state index contributed by atoms with van der Waals surface area (Å²) in [6, 6.07) is 26.9. The van der Waals surface area contributed by atoms with Crippen LogP contribution in [0.2, 0.25) is 0 Å². The first-order valence-corrected chi connectivity index (χ1v) is 16.4. The Kier molecular flexibility index (Phi) is 6.01. The Hall–Kier alpha value is -4.17. The normalized spacial score (nSPS) is 23.7. The predicted octanol–water partition coefficient (Wildman–Crippen LogP) is 10.3. The summed E-state index contributed by atoms with van der Waals surface area (Å²) in [5.41, 5.74) is 12.7. The van der Waals surface area contributed by atoms with E-state index in [1.54, 1.807) is 0 Å². The number of hydrogen-bond acceptors (Lipinski definition) is 1. The zero-order chi connectivity index (χ0) is 30.4. The van der Waals surface area contributed by atoms with Crippen LogP contribution in [-0.4, -0.2) is 24.4 Å². The van der Waals surface area contributed by atoms with Crippen molar-refractivity contribution in [2.45, 2.75) is 64.2 Å². The number of nitrogens with zero attached hydrogens (tertiary/aromatic N) is 2. The van der Waals surface area contributed by atoms with Crippen molar-refractivity contribution in [2.24, 2.45) is 5.92 Å². The van der Waals surface area contributed by atoms with Gasteiger partial charge in [-0.25, -0.2) is 0 Å². The summed E-state index contributed by atoms with van der Waals surface area (Å²) in [6.07, 6.45) is 14.9. The van der Waals surface area contributed by atoms with Gasteiger partial charge in [0.25, 0.3) is 0 Å².